The highest BCUT2D eigenvalue weighted by Crippen LogP contribution is 2.38. The van der Waals surface area contributed by atoms with E-state index in [0.717, 1.165) is 0 Å². The van der Waals surface area contributed by atoms with Crippen molar-refractivity contribution in [1.82, 2.24) is 0 Å². The molecule has 0 aliphatic carbocycles. The summed E-state index contributed by atoms with van der Waals surface area (Å²) in [7, 11) is -3.51. The Kier molecular flexibility index (Phi) is 3.15. The fourth-order valence-corrected chi connectivity index (χ4v) is 3.19. The van der Waals surface area contributed by atoms with Crippen LogP contribution in [-0.2, 0) is 4.57 Å². The first-order chi connectivity index (χ1) is 7.60. The van der Waals surface area contributed by atoms with Crippen LogP contribution in [0.1, 0.15) is 0 Å². The van der Waals surface area contributed by atoms with Gasteiger partial charge in [-0.1, -0.05) is 35.9 Å². The molecule has 0 bridgehead atoms. The molecule has 1 N–H and O–H groups in total. The Morgan fingerprint density at radius 3 is 2.19 bits per heavy atom. The Morgan fingerprint density at radius 2 is 1.56 bits per heavy atom. The second kappa shape index (κ2) is 4.42. The van der Waals surface area contributed by atoms with Crippen LogP contribution in [0, 0.1) is 0 Å². The summed E-state index contributed by atoms with van der Waals surface area (Å²) in [5, 5.41) is 1.23. The van der Waals surface area contributed by atoms with Crippen molar-refractivity contribution in [2.24, 2.45) is 0 Å². The first-order valence-electron chi connectivity index (χ1n) is 4.75. The Morgan fingerprint density at radius 1 is 0.938 bits per heavy atom. The van der Waals surface area contributed by atoms with Crippen molar-refractivity contribution in [3.05, 3.63) is 59.6 Å². The number of benzene rings is 2. The van der Waals surface area contributed by atoms with E-state index in [1.807, 2.05) is 6.07 Å². The molecule has 0 saturated heterocycles. The van der Waals surface area contributed by atoms with Gasteiger partial charge in [0, 0.05) is 15.6 Å². The predicted octanol–water partition coefficient (Wildman–Crippen LogP) is 2.56. The van der Waals surface area contributed by atoms with Gasteiger partial charge in [-0.2, -0.15) is 0 Å². The maximum Gasteiger partial charge on any atom is 0.258 e. The Bertz CT molecular complexity index is 540. The minimum absolute atomic E-state index is 0.353. The lowest BCUT2D eigenvalue weighted by Crippen LogP contribution is -2.14. The second-order valence-electron chi connectivity index (χ2n) is 3.39. The molecule has 0 aliphatic heterocycles. The summed E-state index contributed by atoms with van der Waals surface area (Å²) in [5.41, 5.74) is 0. The molecular formula is C12H10ClO2P. The lowest BCUT2D eigenvalue weighted by atomic mass is 10.4. The zero-order chi connectivity index (χ0) is 11.6. The van der Waals surface area contributed by atoms with E-state index in [2.05, 4.69) is 0 Å². The maximum absolute atomic E-state index is 12.3. The van der Waals surface area contributed by atoms with Gasteiger partial charge >= 0.3 is 0 Å². The molecule has 0 spiro atoms. The molecule has 0 aromatic heterocycles. The Hall–Kier alpha value is -1.08. The minimum atomic E-state index is -3.51. The van der Waals surface area contributed by atoms with Gasteiger partial charge in [-0.25, -0.2) is 0 Å². The lowest BCUT2D eigenvalue weighted by Gasteiger charge is -2.11. The van der Waals surface area contributed by atoms with Gasteiger partial charge in [0.25, 0.3) is 7.37 Å². The van der Waals surface area contributed by atoms with E-state index < -0.39 is 7.37 Å². The third-order valence-electron chi connectivity index (χ3n) is 2.26. The van der Waals surface area contributed by atoms with E-state index in [-0.39, 0.29) is 0 Å². The zero-order valence-corrected chi connectivity index (χ0v) is 10.0. The van der Waals surface area contributed by atoms with Crippen molar-refractivity contribution in [2.75, 3.05) is 0 Å². The van der Waals surface area contributed by atoms with E-state index in [1.165, 1.54) is 6.07 Å². The highest BCUT2D eigenvalue weighted by Gasteiger charge is 2.23. The van der Waals surface area contributed by atoms with Crippen molar-refractivity contribution < 1.29 is 9.46 Å². The maximum atomic E-state index is 12.3. The van der Waals surface area contributed by atoms with E-state index in [1.54, 1.807) is 42.5 Å². The van der Waals surface area contributed by atoms with Crippen molar-refractivity contribution in [3.8, 4) is 0 Å². The summed E-state index contributed by atoms with van der Waals surface area (Å²) in [5.74, 6) is 0. The molecule has 0 fully saturated rings. The molecule has 2 aromatic carbocycles. The van der Waals surface area contributed by atoms with E-state index in [9.17, 15) is 9.46 Å². The van der Waals surface area contributed by atoms with Crippen LogP contribution in [0.15, 0.2) is 54.6 Å². The van der Waals surface area contributed by atoms with Crippen LogP contribution < -0.4 is 10.6 Å². The van der Waals surface area contributed by atoms with Crippen LogP contribution in [0.2, 0.25) is 5.02 Å². The zero-order valence-electron chi connectivity index (χ0n) is 8.38. The molecular weight excluding hydrogens is 243 g/mol. The van der Waals surface area contributed by atoms with Gasteiger partial charge in [0.15, 0.2) is 0 Å². The molecule has 4 heteroatoms. The van der Waals surface area contributed by atoms with Crippen LogP contribution in [0.3, 0.4) is 0 Å². The quantitative estimate of drug-likeness (QED) is 0.834. The molecule has 0 radical (unpaired) electrons. The monoisotopic (exact) mass is 252 g/mol. The molecule has 0 saturated carbocycles. The Labute approximate surface area is 99.0 Å². The molecule has 0 aliphatic rings. The van der Waals surface area contributed by atoms with Gasteiger partial charge in [-0.3, -0.25) is 4.57 Å². The second-order valence-corrected chi connectivity index (χ2v) is 6.01. The van der Waals surface area contributed by atoms with Crippen LogP contribution in [0.4, 0.5) is 0 Å². The number of halogens is 1. The van der Waals surface area contributed by atoms with Crippen molar-refractivity contribution in [3.63, 3.8) is 0 Å². The fraction of sp³-hybridized carbons (Fsp3) is 0. The van der Waals surface area contributed by atoms with Crippen molar-refractivity contribution in [2.45, 2.75) is 0 Å². The van der Waals surface area contributed by atoms with Gasteiger partial charge in [0.1, 0.15) is 0 Å². The molecule has 1 atom stereocenters. The van der Waals surface area contributed by atoms with Crippen LogP contribution in [0.5, 0.6) is 0 Å². The van der Waals surface area contributed by atoms with Crippen molar-refractivity contribution in [1.29, 1.82) is 0 Å². The van der Waals surface area contributed by atoms with E-state index in [0.29, 0.717) is 15.6 Å². The molecule has 2 aromatic rings. The van der Waals surface area contributed by atoms with Gasteiger partial charge in [0.2, 0.25) is 0 Å². The third-order valence-corrected chi connectivity index (χ3v) is 4.48. The summed E-state index contributed by atoms with van der Waals surface area (Å²) in [4.78, 5) is 10.1. The summed E-state index contributed by atoms with van der Waals surface area (Å²) in [6.45, 7) is 0. The molecule has 2 nitrogen and oxygen atoms in total. The molecule has 2 rings (SSSR count). The van der Waals surface area contributed by atoms with Crippen molar-refractivity contribution >= 4 is 29.6 Å². The first kappa shape index (κ1) is 11.4. The van der Waals surface area contributed by atoms with Gasteiger partial charge in [-0.05, 0) is 30.3 Å². The third kappa shape index (κ3) is 2.19. The van der Waals surface area contributed by atoms with E-state index >= 15 is 0 Å². The summed E-state index contributed by atoms with van der Waals surface area (Å²) in [6, 6.07) is 15.0. The highest BCUT2D eigenvalue weighted by molar-refractivity contribution is 7.73. The first-order valence-corrected chi connectivity index (χ1v) is 6.79. The molecule has 16 heavy (non-hydrogen) atoms. The highest BCUT2D eigenvalue weighted by atomic mass is 35.5. The SMILES string of the molecule is O=P(O)(c1ccccc1)c1cccc(Cl)c1. The smallest absolute Gasteiger partial charge is 0.258 e. The summed E-state index contributed by atoms with van der Waals surface area (Å²) < 4.78 is 12.3. The van der Waals surface area contributed by atoms with Crippen LogP contribution in [-0.4, -0.2) is 4.89 Å². The number of rotatable bonds is 2. The average Bonchev–Trinajstić information content (AvgIpc) is 2.30. The van der Waals surface area contributed by atoms with E-state index in [4.69, 9.17) is 11.6 Å². The topological polar surface area (TPSA) is 37.3 Å². The normalized spacial score (nSPS) is 14.4. The standard InChI is InChI=1S/C12H10ClO2P/c13-10-5-4-8-12(9-10)16(14,15)11-6-2-1-3-7-11/h1-9H,(H,14,15). The molecule has 1 unspecified atom stereocenters. The predicted molar refractivity (Wildman–Crippen MR) is 67.0 cm³/mol. The largest absolute Gasteiger partial charge is 0.338 e. The minimum Gasteiger partial charge on any atom is -0.338 e. The van der Waals surface area contributed by atoms with Crippen LogP contribution in [0.25, 0.3) is 0 Å². The summed E-state index contributed by atoms with van der Waals surface area (Å²) >= 11 is 5.81. The van der Waals surface area contributed by atoms with Gasteiger partial charge in [0.05, 0.1) is 0 Å². The van der Waals surface area contributed by atoms with Gasteiger partial charge in [-0.15, -0.1) is 0 Å². The Balaban J connectivity index is 2.51. The average molecular weight is 253 g/mol. The fourth-order valence-electron chi connectivity index (χ4n) is 1.44. The lowest BCUT2D eigenvalue weighted by molar-refractivity contribution is 0.501. The molecule has 0 amide bonds. The van der Waals surface area contributed by atoms with Crippen LogP contribution >= 0.6 is 19.0 Å². The van der Waals surface area contributed by atoms with Gasteiger partial charge < -0.3 is 4.89 Å². The molecule has 82 valence electrons. The summed E-state index contributed by atoms with van der Waals surface area (Å²) in [6.07, 6.45) is 0. The number of hydrogen-bond donors (Lipinski definition) is 1. The number of hydrogen-bond acceptors (Lipinski definition) is 1. The molecule has 0 heterocycles.